The summed E-state index contributed by atoms with van der Waals surface area (Å²) in [4.78, 5) is 4.75. The highest BCUT2D eigenvalue weighted by Gasteiger charge is 2.12. The molecule has 0 aliphatic rings. The van der Waals surface area contributed by atoms with Crippen molar-refractivity contribution in [2.24, 2.45) is 0 Å². The molecule has 94 valence electrons. The monoisotopic (exact) mass is 304 g/mol. The molecule has 1 aromatic heterocycles. The van der Waals surface area contributed by atoms with Crippen LogP contribution in [0.25, 0.3) is 10.9 Å². The lowest BCUT2D eigenvalue weighted by Gasteiger charge is -2.15. The van der Waals surface area contributed by atoms with Crippen molar-refractivity contribution in [3.05, 3.63) is 52.1 Å². The number of allylic oxidation sites excluding steroid dienone is 1. The summed E-state index contributed by atoms with van der Waals surface area (Å²) in [7, 11) is 1.95. The lowest BCUT2D eigenvalue weighted by Crippen LogP contribution is -2.16. The van der Waals surface area contributed by atoms with Crippen molar-refractivity contribution in [2.45, 2.75) is 19.9 Å². The van der Waals surface area contributed by atoms with Gasteiger partial charge in [0.25, 0.3) is 0 Å². The molecule has 1 heterocycles. The Bertz CT molecular complexity index is 586. The number of nitrogens with zero attached hydrogens (tertiary/aromatic N) is 1. The van der Waals surface area contributed by atoms with Gasteiger partial charge in [-0.1, -0.05) is 29.8 Å². The molecule has 18 heavy (non-hydrogen) atoms. The molecule has 0 amide bonds. The zero-order valence-corrected chi connectivity index (χ0v) is 12.5. The molecule has 0 aliphatic heterocycles. The second kappa shape index (κ2) is 5.63. The van der Waals surface area contributed by atoms with Crippen LogP contribution in [0.15, 0.2) is 46.5 Å². The third-order valence-corrected chi connectivity index (χ3v) is 3.45. The lowest BCUT2D eigenvalue weighted by atomic mass is 10.1. The Morgan fingerprint density at radius 1 is 1.33 bits per heavy atom. The van der Waals surface area contributed by atoms with Crippen molar-refractivity contribution in [2.75, 3.05) is 7.05 Å². The third-order valence-electron chi connectivity index (χ3n) is 2.81. The zero-order chi connectivity index (χ0) is 13.1. The summed E-state index contributed by atoms with van der Waals surface area (Å²) >= 11 is 3.62. The number of benzene rings is 1. The van der Waals surface area contributed by atoms with Crippen molar-refractivity contribution in [1.29, 1.82) is 0 Å². The van der Waals surface area contributed by atoms with Crippen LogP contribution in [0.1, 0.15) is 25.6 Å². The number of likely N-dealkylation sites (N-methyl/N-ethyl adjacent to an activating group) is 1. The largest absolute Gasteiger partial charge is 0.308 e. The van der Waals surface area contributed by atoms with Crippen LogP contribution in [-0.4, -0.2) is 12.0 Å². The Balaban J connectivity index is 2.55. The van der Waals surface area contributed by atoms with Gasteiger partial charge >= 0.3 is 0 Å². The molecule has 0 fully saturated rings. The van der Waals surface area contributed by atoms with Crippen molar-refractivity contribution in [3.63, 3.8) is 0 Å². The number of aromatic nitrogens is 1. The van der Waals surface area contributed by atoms with E-state index in [1.54, 1.807) is 0 Å². The highest BCUT2D eigenvalue weighted by Crippen LogP contribution is 2.27. The number of para-hydroxylation sites is 1. The van der Waals surface area contributed by atoms with Gasteiger partial charge in [-0.3, -0.25) is 0 Å². The summed E-state index contributed by atoms with van der Waals surface area (Å²) < 4.78 is 1.04. The van der Waals surface area contributed by atoms with Crippen LogP contribution < -0.4 is 5.32 Å². The average molecular weight is 305 g/mol. The van der Waals surface area contributed by atoms with Crippen LogP contribution in [0.5, 0.6) is 0 Å². The molecule has 1 N–H and O–H groups in total. The second-order valence-electron chi connectivity index (χ2n) is 4.56. The first-order valence-corrected chi connectivity index (χ1v) is 6.78. The van der Waals surface area contributed by atoms with Crippen LogP contribution in [0.4, 0.5) is 0 Å². The van der Waals surface area contributed by atoms with E-state index in [2.05, 4.69) is 53.3 Å². The summed E-state index contributed by atoms with van der Waals surface area (Å²) in [5.74, 6) is 0. The smallest absolute Gasteiger partial charge is 0.0761 e. The Kier molecular flexibility index (Phi) is 4.15. The molecule has 0 saturated heterocycles. The Hall–Kier alpha value is -1.19. The van der Waals surface area contributed by atoms with E-state index in [0.29, 0.717) is 0 Å². The van der Waals surface area contributed by atoms with E-state index in [9.17, 15) is 0 Å². The number of halogens is 1. The minimum absolute atomic E-state index is 0.133. The fourth-order valence-electron chi connectivity index (χ4n) is 1.96. The maximum atomic E-state index is 4.75. The van der Waals surface area contributed by atoms with Gasteiger partial charge in [-0.25, -0.2) is 4.98 Å². The van der Waals surface area contributed by atoms with Gasteiger partial charge < -0.3 is 5.32 Å². The number of hydrogen-bond acceptors (Lipinski definition) is 2. The van der Waals surface area contributed by atoms with Crippen molar-refractivity contribution in [3.8, 4) is 0 Å². The molecule has 2 rings (SSSR count). The standard InChI is InChI=1S/C15H17BrN2/c1-10(2)8-14(17-3)15-12(16)9-11-6-4-5-7-13(11)18-15/h4-9,14,17H,1-3H3. The first-order valence-electron chi connectivity index (χ1n) is 5.99. The van der Waals surface area contributed by atoms with Crippen LogP contribution in [-0.2, 0) is 0 Å². The SMILES string of the molecule is CNC(C=C(C)C)c1nc2ccccc2cc1Br. The number of hydrogen-bond donors (Lipinski definition) is 1. The van der Waals surface area contributed by atoms with Crippen molar-refractivity contribution in [1.82, 2.24) is 10.3 Å². The van der Waals surface area contributed by atoms with Crippen LogP contribution in [0.3, 0.4) is 0 Å². The quantitative estimate of drug-likeness (QED) is 0.859. The predicted molar refractivity (Wildman–Crippen MR) is 80.7 cm³/mol. The number of pyridine rings is 1. The predicted octanol–water partition coefficient (Wildman–Crippen LogP) is 4.22. The highest BCUT2D eigenvalue weighted by atomic mass is 79.9. The van der Waals surface area contributed by atoms with E-state index in [1.165, 1.54) is 5.57 Å². The van der Waals surface area contributed by atoms with Crippen molar-refractivity contribution >= 4 is 26.8 Å². The molecular formula is C15H17BrN2. The summed E-state index contributed by atoms with van der Waals surface area (Å²) in [5, 5.41) is 4.44. The van der Waals surface area contributed by atoms with Gasteiger partial charge in [0.05, 0.1) is 17.3 Å². The number of rotatable bonds is 3. The minimum Gasteiger partial charge on any atom is -0.308 e. The van der Waals surface area contributed by atoms with E-state index >= 15 is 0 Å². The molecule has 0 radical (unpaired) electrons. The minimum atomic E-state index is 0.133. The third kappa shape index (κ3) is 2.79. The van der Waals surface area contributed by atoms with Gasteiger partial charge in [0.15, 0.2) is 0 Å². The summed E-state index contributed by atoms with van der Waals surface area (Å²) in [5.41, 5.74) is 3.33. The summed E-state index contributed by atoms with van der Waals surface area (Å²) in [6.45, 7) is 4.19. The van der Waals surface area contributed by atoms with Crippen LogP contribution >= 0.6 is 15.9 Å². The first-order chi connectivity index (χ1) is 8.61. The van der Waals surface area contributed by atoms with Crippen molar-refractivity contribution < 1.29 is 0 Å². The second-order valence-corrected chi connectivity index (χ2v) is 5.41. The Morgan fingerprint density at radius 3 is 2.72 bits per heavy atom. The molecular weight excluding hydrogens is 288 g/mol. The van der Waals surface area contributed by atoms with E-state index in [0.717, 1.165) is 21.1 Å². The fraction of sp³-hybridized carbons (Fsp3) is 0.267. The number of fused-ring (bicyclic) bond motifs is 1. The average Bonchev–Trinajstić information content (AvgIpc) is 2.35. The van der Waals surface area contributed by atoms with Gasteiger partial charge in [-0.15, -0.1) is 0 Å². The summed E-state index contributed by atoms with van der Waals surface area (Å²) in [6, 6.07) is 10.4. The first kappa shape index (κ1) is 13.2. The fourth-order valence-corrected chi connectivity index (χ4v) is 2.54. The molecule has 1 aromatic carbocycles. The van der Waals surface area contributed by atoms with Crippen LogP contribution in [0, 0.1) is 0 Å². The Morgan fingerprint density at radius 2 is 2.06 bits per heavy atom. The molecule has 2 aromatic rings. The molecule has 1 unspecified atom stereocenters. The maximum absolute atomic E-state index is 4.75. The number of nitrogens with one attached hydrogen (secondary N) is 1. The molecule has 1 atom stereocenters. The maximum Gasteiger partial charge on any atom is 0.0761 e. The molecule has 0 spiro atoms. The van der Waals surface area contributed by atoms with Gasteiger partial charge in [0.1, 0.15) is 0 Å². The Labute approximate surface area is 116 Å². The van der Waals surface area contributed by atoms with Crippen LogP contribution in [0.2, 0.25) is 0 Å². The zero-order valence-electron chi connectivity index (χ0n) is 10.9. The molecule has 0 aliphatic carbocycles. The van der Waals surface area contributed by atoms with E-state index in [-0.39, 0.29) is 6.04 Å². The van der Waals surface area contributed by atoms with E-state index < -0.39 is 0 Å². The van der Waals surface area contributed by atoms with E-state index in [4.69, 9.17) is 4.98 Å². The van der Waals surface area contributed by atoms with Gasteiger partial charge in [0, 0.05) is 9.86 Å². The lowest BCUT2D eigenvalue weighted by molar-refractivity contribution is 0.688. The van der Waals surface area contributed by atoms with Gasteiger partial charge in [0.2, 0.25) is 0 Å². The molecule has 0 bridgehead atoms. The summed E-state index contributed by atoms with van der Waals surface area (Å²) in [6.07, 6.45) is 2.18. The van der Waals surface area contributed by atoms with E-state index in [1.807, 2.05) is 25.2 Å². The normalized spacial score (nSPS) is 12.4. The van der Waals surface area contributed by atoms with Gasteiger partial charge in [-0.05, 0) is 49.0 Å². The highest BCUT2D eigenvalue weighted by molar-refractivity contribution is 9.10. The molecule has 2 nitrogen and oxygen atoms in total. The topological polar surface area (TPSA) is 24.9 Å². The molecule has 3 heteroatoms. The molecule has 0 saturated carbocycles. The van der Waals surface area contributed by atoms with Gasteiger partial charge in [-0.2, -0.15) is 0 Å².